The smallest absolute Gasteiger partial charge is 0.335 e. The minimum atomic E-state index is -0.270. The Morgan fingerprint density at radius 1 is 1.07 bits per heavy atom. The first-order chi connectivity index (χ1) is 12.9. The van der Waals surface area contributed by atoms with E-state index in [0.29, 0.717) is 17.3 Å². The van der Waals surface area contributed by atoms with Crippen LogP contribution in [0.1, 0.15) is 70.8 Å². The van der Waals surface area contributed by atoms with Gasteiger partial charge in [0.2, 0.25) is 0 Å². The van der Waals surface area contributed by atoms with E-state index in [0.717, 1.165) is 36.7 Å². The van der Waals surface area contributed by atoms with Gasteiger partial charge in [-0.3, -0.25) is 0 Å². The molecule has 0 saturated heterocycles. The largest absolute Gasteiger partial charge is 0.431 e. The van der Waals surface area contributed by atoms with E-state index < -0.39 is 0 Å². The van der Waals surface area contributed by atoms with E-state index in [2.05, 4.69) is 19.9 Å². The first kappa shape index (κ1) is 17.7. The van der Waals surface area contributed by atoms with Crippen molar-refractivity contribution in [2.75, 3.05) is 0 Å². The molecule has 1 heterocycles. The van der Waals surface area contributed by atoms with Gasteiger partial charge < -0.3 is 9.52 Å². The number of fused-ring (bicyclic) bond motifs is 5. The lowest BCUT2D eigenvalue weighted by Crippen LogP contribution is -2.53. The Morgan fingerprint density at radius 2 is 1.93 bits per heavy atom. The van der Waals surface area contributed by atoms with Gasteiger partial charge in [-0.05, 0) is 97.5 Å². The second-order valence-corrected chi connectivity index (χ2v) is 10.2. The molecule has 0 aliphatic heterocycles. The van der Waals surface area contributed by atoms with Crippen LogP contribution in [0.5, 0.6) is 0 Å². The topological polar surface area (TPSA) is 50.4 Å². The van der Waals surface area contributed by atoms with Gasteiger partial charge in [-0.2, -0.15) is 0 Å². The Hall–Kier alpha value is -1.35. The van der Waals surface area contributed by atoms with Gasteiger partial charge in [-0.25, -0.2) is 4.79 Å². The van der Waals surface area contributed by atoms with Crippen molar-refractivity contribution >= 4 is 5.57 Å². The maximum atomic E-state index is 11.4. The third kappa shape index (κ3) is 2.53. The standard InChI is InChI=1S/C24H32O3/c1-23-11-9-17(25)13-16(23)4-5-18-20-7-6-19(15-3-8-22(26)27-14-15)24(20,2)12-10-21(18)23/h3,6,8,14,16-18,20-21,25H,4-5,7,9-13H2,1-2H3/t16?,17-,18?,20?,21?,23?,24?/m0/s1. The van der Waals surface area contributed by atoms with E-state index >= 15 is 0 Å². The molecule has 0 amide bonds. The van der Waals surface area contributed by atoms with Crippen molar-refractivity contribution in [2.45, 2.75) is 71.3 Å². The summed E-state index contributed by atoms with van der Waals surface area (Å²) in [6, 6.07) is 3.50. The van der Waals surface area contributed by atoms with Crippen molar-refractivity contribution in [3.63, 3.8) is 0 Å². The second kappa shape index (κ2) is 6.07. The number of aliphatic hydroxyl groups excluding tert-OH is 1. The fourth-order valence-electron chi connectivity index (χ4n) is 7.76. The molecule has 1 aromatic rings. The van der Waals surface area contributed by atoms with Crippen molar-refractivity contribution in [1.29, 1.82) is 0 Å². The van der Waals surface area contributed by atoms with Gasteiger partial charge in [0.1, 0.15) is 6.26 Å². The van der Waals surface area contributed by atoms with Crippen LogP contribution >= 0.6 is 0 Å². The maximum absolute atomic E-state index is 11.4. The number of hydrogen-bond donors (Lipinski definition) is 1. The summed E-state index contributed by atoms with van der Waals surface area (Å²) in [5.74, 6) is 3.03. The summed E-state index contributed by atoms with van der Waals surface area (Å²) in [7, 11) is 0. The summed E-state index contributed by atoms with van der Waals surface area (Å²) < 4.78 is 5.18. The number of aliphatic hydroxyl groups is 1. The Bertz CT molecular complexity index is 803. The molecule has 0 bridgehead atoms. The fraction of sp³-hybridized carbons (Fsp3) is 0.708. The van der Waals surface area contributed by atoms with Gasteiger partial charge >= 0.3 is 5.63 Å². The molecule has 3 heteroatoms. The lowest BCUT2D eigenvalue weighted by Gasteiger charge is -2.60. The molecule has 5 rings (SSSR count). The third-order valence-corrected chi connectivity index (χ3v) is 9.23. The zero-order valence-electron chi connectivity index (χ0n) is 16.6. The van der Waals surface area contributed by atoms with Crippen LogP contribution < -0.4 is 5.63 Å². The summed E-state index contributed by atoms with van der Waals surface area (Å²) in [6.07, 6.45) is 13.5. The van der Waals surface area contributed by atoms with Crippen molar-refractivity contribution in [3.8, 4) is 0 Å². The summed E-state index contributed by atoms with van der Waals surface area (Å²) in [6.45, 7) is 5.00. The molecular formula is C24H32O3. The van der Waals surface area contributed by atoms with Crippen LogP contribution in [0.15, 0.2) is 33.7 Å². The summed E-state index contributed by atoms with van der Waals surface area (Å²) >= 11 is 0. The van der Waals surface area contributed by atoms with E-state index in [4.69, 9.17) is 4.42 Å². The summed E-state index contributed by atoms with van der Waals surface area (Å²) in [5, 5.41) is 10.2. The molecule has 0 radical (unpaired) electrons. The van der Waals surface area contributed by atoms with E-state index in [1.807, 2.05) is 6.07 Å². The van der Waals surface area contributed by atoms with Gasteiger partial charge in [-0.15, -0.1) is 0 Å². The monoisotopic (exact) mass is 368 g/mol. The van der Waals surface area contributed by atoms with Gasteiger partial charge in [0, 0.05) is 11.6 Å². The fourth-order valence-corrected chi connectivity index (χ4v) is 7.76. The molecule has 3 fully saturated rings. The predicted molar refractivity (Wildman–Crippen MR) is 106 cm³/mol. The number of allylic oxidation sites excluding steroid dienone is 2. The molecule has 1 aromatic heterocycles. The Morgan fingerprint density at radius 3 is 2.70 bits per heavy atom. The molecule has 27 heavy (non-hydrogen) atoms. The number of hydrogen-bond acceptors (Lipinski definition) is 3. The molecule has 6 unspecified atom stereocenters. The molecular weight excluding hydrogens is 336 g/mol. The minimum absolute atomic E-state index is 0.0685. The van der Waals surface area contributed by atoms with Gasteiger partial charge in [0.25, 0.3) is 0 Å². The zero-order chi connectivity index (χ0) is 18.8. The highest BCUT2D eigenvalue weighted by atomic mass is 16.4. The van der Waals surface area contributed by atoms with Crippen LogP contribution in [0.25, 0.3) is 5.57 Å². The molecule has 146 valence electrons. The molecule has 3 nitrogen and oxygen atoms in total. The van der Waals surface area contributed by atoms with Crippen LogP contribution in [-0.2, 0) is 0 Å². The Kier molecular flexibility index (Phi) is 3.99. The highest BCUT2D eigenvalue weighted by molar-refractivity contribution is 5.72. The van der Waals surface area contributed by atoms with Gasteiger partial charge in [0.15, 0.2) is 0 Å². The van der Waals surface area contributed by atoms with Crippen LogP contribution in [-0.4, -0.2) is 11.2 Å². The van der Waals surface area contributed by atoms with Crippen molar-refractivity contribution in [2.24, 2.45) is 34.5 Å². The molecule has 1 N–H and O–H groups in total. The first-order valence-electron chi connectivity index (χ1n) is 10.9. The maximum Gasteiger partial charge on any atom is 0.335 e. The van der Waals surface area contributed by atoms with Crippen LogP contribution in [0.3, 0.4) is 0 Å². The lowest BCUT2D eigenvalue weighted by atomic mass is 9.44. The van der Waals surface area contributed by atoms with Crippen molar-refractivity contribution in [1.82, 2.24) is 0 Å². The van der Waals surface area contributed by atoms with Crippen LogP contribution in [0.4, 0.5) is 0 Å². The summed E-state index contributed by atoms with van der Waals surface area (Å²) in [4.78, 5) is 11.4. The van der Waals surface area contributed by atoms with Crippen LogP contribution in [0.2, 0.25) is 0 Å². The molecule has 3 saturated carbocycles. The van der Waals surface area contributed by atoms with E-state index in [1.165, 1.54) is 37.7 Å². The molecule has 4 aliphatic rings. The van der Waals surface area contributed by atoms with E-state index in [1.54, 1.807) is 12.3 Å². The van der Waals surface area contributed by atoms with E-state index in [9.17, 15) is 9.90 Å². The first-order valence-corrected chi connectivity index (χ1v) is 10.9. The van der Waals surface area contributed by atoms with Crippen molar-refractivity contribution < 1.29 is 9.52 Å². The third-order valence-electron chi connectivity index (χ3n) is 9.23. The van der Waals surface area contributed by atoms with Gasteiger partial charge in [-0.1, -0.05) is 19.9 Å². The van der Waals surface area contributed by atoms with Crippen LogP contribution in [0, 0.1) is 34.5 Å². The molecule has 0 spiro atoms. The van der Waals surface area contributed by atoms with Crippen molar-refractivity contribution in [3.05, 3.63) is 40.5 Å². The highest BCUT2D eigenvalue weighted by Crippen LogP contribution is 2.67. The quantitative estimate of drug-likeness (QED) is 0.756. The SMILES string of the molecule is CC12CCC3C(CCC4C[C@@H](O)CCC43C)C1CC=C2c1ccc(=O)oc1. The average Bonchev–Trinajstić information content (AvgIpc) is 3.00. The Labute approximate surface area is 161 Å². The van der Waals surface area contributed by atoms with E-state index in [-0.39, 0.29) is 17.1 Å². The minimum Gasteiger partial charge on any atom is -0.431 e. The lowest BCUT2D eigenvalue weighted by molar-refractivity contribution is -0.115. The molecule has 0 aromatic carbocycles. The average molecular weight is 369 g/mol. The molecule has 7 atom stereocenters. The van der Waals surface area contributed by atoms with Gasteiger partial charge in [0.05, 0.1) is 6.10 Å². The number of rotatable bonds is 1. The summed E-state index contributed by atoms with van der Waals surface area (Å²) in [5.41, 5.74) is 2.86. The second-order valence-electron chi connectivity index (χ2n) is 10.2. The zero-order valence-corrected chi connectivity index (χ0v) is 16.6. The normalized spacial score (nSPS) is 46.2. The Balaban J connectivity index is 1.44. The highest BCUT2D eigenvalue weighted by Gasteiger charge is 2.58. The molecule has 4 aliphatic carbocycles. The predicted octanol–water partition coefficient (Wildman–Crippen LogP) is 5.04.